The topological polar surface area (TPSA) is 73.6 Å². The zero-order chi connectivity index (χ0) is 15.2. The van der Waals surface area contributed by atoms with Gasteiger partial charge in [-0.15, -0.1) is 13.2 Å². The van der Waals surface area contributed by atoms with E-state index in [9.17, 15) is 18.0 Å². The Balaban J connectivity index is 2.64. The number of amides is 1. The van der Waals surface area contributed by atoms with E-state index in [0.29, 0.717) is 19.6 Å². The van der Waals surface area contributed by atoms with E-state index in [4.69, 9.17) is 10.5 Å². The highest BCUT2D eigenvalue weighted by molar-refractivity contribution is 5.95. The molecule has 8 heteroatoms. The molecule has 1 aromatic carbocycles. The number of nitrogens with one attached hydrogen (secondary N) is 1. The van der Waals surface area contributed by atoms with E-state index in [1.54, 1.807) is 7.11 Å². The third-order valence-electron chi connectivity index (χ3n) is 2.31. The van der Waals surface area contributed by atoms with E-state index in [2.05, 4.69) is 10.1 Å². The van der Waals surface area contributed by atoms with Crippen LogP contribution in [0.25, 0.3) is 0 Å². The summed E-state index contributed by atoms with van der Waals surface area (Å²) in [7, 11) is 1.54. The molecule has 0 spiro atoms. The predicted molar refractivity (Wildman–Crippen MR) is 66.4 cm³/mol. The monoisotopic (exact) mass is 292 g/mol. The molecule has 0 unspecified atom stereocenters. The Labute approximate surface area is 113 Å². The number of benzene rings is 1. The van der Waals surface area contributed by atoms with E-state index in [1.165, 1.54) is 6.07 Å². The summed E-state index contributed by atoms with van der Waals surface area (Å²) in [5, 5.41) is 2.59. The molecule has 0 aromatic heterocycles. The van der Waals surface area contributed by atoms with Crippen molar-refractivity contribution in [2.75, 3.05) is 26.0 Å². The van der Waals surface area contributed by atoms with Crippen molar-refractivity contribution >= 4 is 11.6 Å². The van der Waals surface area contributed by atoms with Gasteiger partial charge in [0.2, 0.25) is 0 Å². The van der Waals surface area contributed by atoms with Crippen LogP contribution in [0.1, 0.15) is 16.8 Å². The molecule has 0 fully saturated rings. The summed E-state index contributed by atoms with van der Waals surface area (Å²) in [6, 6.07) is 3.35. The van der Waals surface area contributed by atoms with Crippen LogP contribution >= 0.6 is 0 Å². The quantitative estimate of drug-likeness (QED) is 0.620. The van der Waals surface area contributed by atoms with Crippen LogP contribution < -0.4 is 15.8 Å². The van der Waals surface area contributed by atoms with Gasteiger partial charge in [-0.3, -0.25) is 4.79 Å². The second-order valence-electron chi connectivity index (χ2n) is 3.90. The summed E-state index contributed by atoms with van der Waals surface area (Å²) in [5.41, 5.74) is 5.32. The van der Waals surface area contributed by atoms with Crippen LogP contribution in [-0.2, 0) is 4.74 Å². The maximum atomic E-state index is 12.1. The number of carbonyl (C=O) groups is 1. The standard InChI is InChI=1S/C12H15F3N2O3/c1-19-6-2-5-17-11(18)8-3-4-10(9(16)7-8)20-12(13,14)15/h3-4,7H,2,5-6,16H2,1H3,(H,17,18). The largest absolute Gasteiger partial charge is 0.573 e. The average molecular weight is 292 g/mol. The Morgan fingerprint density at radius 3 is 2.65 bits per heavy atom. The van der Waals surface area contributed by atoms with Crippen LogP contribution in [0.5, 0.6) is 5.75 Å². The molecule has 3 N–H and O–H groups in total. The Bertz CT molecular complexity index is 464. The number of methoxy groups -OCH3 is 1. The lowest BCUT2D eigenvalue weighted by Crippen LogP contribution is -2.25. The lowest BCUT2D eigenvalue weighted by Gasteiger charge is -2.12. The molecule has 0 heterocycles. The van der Waals surface area contributed by atoms with Crippen LogP contribution in [0, 0.1) is 0 Å². The Morgan fingerprint density at radius 2 is 2.10 bits per heavy atom. The van der Waals surface area contributed by atoms with E-state index in [0.717, 1.165) is 12.1 Å². The van der Waals surface area contributed by atoms with Gasteiger partial charge in [0.25, 0.3) is 5.91 Å². The normalized spacial score (nSPS) is 11.2. The smallest absolute Gasteiger partial charge is 0.404 e. The molecule has 0 saturated carbocycles. The van der Waals surface area contributed by atoms with Crippen molar-refractivity contribution in [3.63, 3.8) is 0 Å². The number of hydrogen-bond donors (Lipinski definition) is 2. The van der Waals surface area contributed by atoms with Crippen molar-refractivity contribution in [1.29, 1.82) is 0 Å². The Morgan fingerprint density at radius 1 is 1.40 bits per heavy atom. The van der Waals surface area contributed by atoms with E-state index in [-0.39, 0.29) is 11.3 Å². The summed E-state index contributed by atoms with van der Waals surface area (Å²) >= 11 is 0. The van der Waals surface area contributed by atoms with Crippen LogP contribution in [0.2, 0.25) is 0 Å². The molecule has 1 rings (SSSR count). The van der Waals surface area contributed by atoms with Gasteiger partial charge in [-0.05, 0) is 24.6 Å². The van der Waals surface area contributed by atoms with Crippen LogP contribution in [0.3, 0.4) is 0 Å². The highest BCUT2D eigenvalue weighted by atomic mass is 19.4. The van der Waals surface area contributed by atoms with Gasteiger partial charge in [-0.25, -0.2) is 0 Å². The molecule has 1 aromatic rings. The molecule has 0 aliphatic carbocycles. The van der Waals surface area contributed by atoms with Gasteiger partial charge in [0.05, 0.1) is 5.69 Å². The van der Waals surface area contributed by atoms with Crippen LogP contribution in [0.4, 0.5) is 18.9 Å². The fourth-order valence-corrected chi connectivity index (χ4v) is 1.43. The number of ether oxygens (including phenoxy) is 2. The molecule has 0 saturated heterocycles. The van der Waals surface area contributed by atoms with Gasteiger partial charge in [0, 0.05) is 25.8 Å². The number of nitrogen functional groups attached to an aromatic ring is 1. The van der Waals surface area contributed by atoms with Crippen molar-refractivity contribution in [3.05, 3.63) is 23.8 Å². The molecular weight excluding hydrogens is 277 g/mol. The van der Waals surface area contributed by atoms with Crippen molar-refractivity contribution in [2.45, 2.75) is 12.8 Å². The fraction of sp³-hybridized carbons (Fsp3) is 0.417. The molecule has 112 valence electrons. The first kappa shape index (κ1) is 16.1. The van der Waals surface area contributed by atoms with Crippen molar-refractivity contribution in [3.8, 4) is 5.75 Å². The molecule has 0 bridgehead atoms. The highest BCUT2D eigenvalue weighted by Gasteiger charge is 2.32. The lowest BCUT2D eigenvalue weighted by atomic mass is 10.1. The number of carbonyl (C=O) groups excluding carboxylic acids is 1. The van der Waals surface area contributed by atoms with Gasteiger partial charge in [0.15, 0.2) is 5.75 Å². The summed E-state index contributed by atoms with van der Waals surface area (Å²) in [6.07, 6.45) is -4.19. The molecule has 0 radical (unpaired) electrons. The van der Waals surface area contributed by atoms with Crippen molar-refractivity contribution < 1.29 is 27.4 Å². The summed E-state index contributed by atoms with van der Waals surface area (Å²) in [4.78, 5) is 11.7. The zero-order valence-corrected chi connectivity index (χ0v) is 10.8. The zero-order valence-electron chi connectivity index (χ0n) is 10.8. The molecule has 0 aliphatic rings. The number of halogens is 3. The number of rotatable bonds is 6. The minimum Gasteiger partial charge on any atom is -0.404 e. The van der Waals surface area contributed by atoms with Gasteiger partial charge < -0.3 is 20.5 Å². The number of nitrogens with two attached hydrogens (primary N) is 1. The highest BCUT2D eigenvalue weighted by Crippen LogP contribution is 2.28. The summed E-state index contributed by atoms with van der Waals surface area (Å²) < 4.78 is 44.7. The third kappa shape index (κ3) is 5.35. The van der Waals surface area contributed by atoms with Crippen LogP contribution in [-0.4, -0.2) is 32.5 Å². The maximum Gasteiger partial charge on any atom is 0.573 e. The van der Waals surface area contributed by atoms with Gasteiger partial charge >= 0.3 is 6.36 Å². The lowest BCUT2D eigenvalue weighted by molar-refractivity contribution is -0.274. The first-order valence-electron chi connectivity index (χ1n) is 5.76. The van der Waals surface area contributed by atoms with Gasteiger partial charge in [-0.2, -0.15) is 0 Å². The molecule has 20 heavy (non-hydrogen) atoms. The third-order valence-corrected chi connectivity index (χ3v) is 2.31. The molecular formula is C12H15F3N2O3. The van der Waals surface area contributed by atoms with Crippen molar-refractivity contribution in [1.82, 2.24) is 5.32 Å². The minimum atomic E-state index is -4.82. The number of anilines is 1. The van der Waals surface area contributed by atoms with Gasteiger partial charge in [-0.1, -0.05) is 0 Å². The predicted octanol–water partition coefficient (Wildman–Crippen LogP) is 1.93. The maximum absolute atomic E-state index is 12.1. The second-order valence-corrected chi connectivity index (χ2v) is 3.90. The number of hydrogen-bond acceptors (Lipinski definition) is 4. The first-order valence-corrected chi connectivity index (χ1v) is 5.76. The van der Waals surface area contributed by atoms with E-state index in [1.807, 2.05) is 0 Å². The molecule has 5 nitrogen and oxygen atoms in total. The van der Waals surface area contributed by atoms with E-state index >= 15 is 0 Å². The fourth-order valence-electron chi connectivity index (χ4n) is 1.43. The Kier molecular flexibility index (Phi) is 5.63. The summed E-state index contributed by atoms with van der Waals surface area (Å²) in [5.74, 6) is -0.959. The first-order chi connectivity index (χ1) is 9.33. The van der Waals surface area contributed by atoms with Crippen LogP contribution in [0.15, 0.2) is 18.2 Å². The Hall–Kier alpha value is -1.96. The summed E-state index contributed by atoms with van der Waals surface area (Å²) in [6.45, 7) is 0.897. The molecule has 0 aliphatic heterocycles. The van der Waals surface area contributed by atoms with Crippen molar-refractivity contribution in [2.24, 2.45) is 0 Å². The SMILES string of the molecule is COCCCNC(=O)c1ccc(OC(F)(F)F)c(N)c1. The second kappa shape index (κ2) is 6.99. The van der Waals surface area contributed by atoms with Gasteiger partial charge in [0.1, 0.15) is 0 Å². The molecule has 0 atom stereocenters. The minimum absolute atomic E-state index is 0.162. The van der Waals surface area contributed by atoms with E-state index < -0.39 is 18.0 Å². The number of alkyl halides is 3. The molecule has 1 amide bonds. The average Bonchev–Trinajstić information content (AvgIpc) is 2.35.